The van der Waals surface area contributed by atoms with Gasteiger partial charge in [0.25, 0.3) is 0 Å². The van der Waals surface area contributed by atoms with Crippen molar-refractivity contribution in [2.45, 2.75) is 18.8 Å². The van der Waals surface area contributed by atoms with E-state index in [9.17, 15) is 4.79 Å². The summed E-state index contributed by atoms with van der Waals surface area (Å²) in [6.45, 7) is 3.41. The number of ether oxygens (including phenoxy) is 2. The third-order valence-corrected chi connectivity index (χ3v) is 3.35. The number of carbonyl (C=O) groups excluding carboxylic acids is 1. The van der Waals surface area contributed by atoms with Crippen LogP contribution in [0.2, 0.25) is 0 Å². The Morgan fingerprint density at radius 3 is 3.12 bits per heavy atom. The van der Waals surface area contributed by atoms with Crippen molar-refractivity contribution in [3.63, 3.8) is 0 Å². The Labute approximate surface area is 108 Å². The lowest BCUT2D eigenvalue weighted by Crippen LogP contribution is -2.29. The second kappa shape index (κ2) is 5.14. The molecule has 0 aliphatic carbocycles. The molecule has 0 bridgehead atoms. The molecule has 0 amide bonds. The average molecular weight is 300 g/mol. The monoisotopic (exact) mass is 299 g/mol. The van der Waals surface area contributed by atoms with Gasteiger partial charge in [-0.3, -0.25) is 0 Å². The standard InChI is InChI=1S/C12H14BrNO3/c1-2-17-11-10(5-9(13)6-14-11)12(7-15)3-4-16-8-12/h5-7H,2-4,8H2,1H3/t12-/m1/s1. The van der Waals surface area contributed by atoms with Crippen LogP contribution in [0.5, 0.6) is 5.88 Å². The summed E-state index contributed by atoms with van der Waals surface area (Å²) in [7, 11) is 0. The summed E-state index contributed by atoms with van der Waals surface area (Å²) in [5, 5.41) is 0. The van der Waals surface area contributed by atoms with E-state index in [1.54, 1.807) is 6.20 Å². The van der Waals surface area contributed by atoms with Crippen LogP contribution in [0.25, 0.3) is 0 Å². The molecule has 1 saturated heterocycles. The molecule has 0 radical (unpaired) electrons. The van der Waals surface area contributed by atoms with Crippen LogP contribution in [-0.4, -0.2) is 31.1 Å². The van der Waals surface area contributed by atoms with E-state index in [0.717, 1.165) is 16.3 Å². The number of nitrogens with zero attached hydrogens (tertiary/aromatic N) is 1. The summed E-state index contributed by atoms with van der Waals surface area (Å²) < 4.78 is 11.7. The summed E-state index contributed by atoms with van der Waals surface area (Å²) in [6.07, 6.45) is 3.30. The summed E-state index contributed by atoms with van der Waals surface area (Å²) in [5.74, 6) is 0.522. The van der Waals surface area contributed by atoms with Gasteiger partial charge in [0.05, 0.1) is 18.6 Å². The van der Waals surface area contributed by atoms with Crippen molar-refractivity contribution < 1.29 is 14.3 Å². The van der Waals surface area contributed by atoms with Crippen LogP contribution < -0.4 is 4.74 Å². The van der Waals surface area contributed by atoms with Gasteiger partial charge in [0.2, 0.25) is 5.88 Å². The van der Waals surface area contributed by atoms with Crippen LogP contribution in [-0.2, 0) is 14.9 Å². The molecule has 1 aromatic heterocycles. The Morgan fingerprint density at radius 2 is 2.53 bits per heavy atom. The second-order valence-corrected chi connectivity index (χ2v) is 4.93. The van der Waals surface area contributed by atoms with Crippen molar-refractivity contribution in [2.24, 2.45) is 0 Å². The molecule has 0 saturated carbocycles. The predicted octanol–water partition coefficient (Wildman–Crippen LogP) is 2.10. The molecule has 1 fully saturated rings. The highest BCUT2D eigenvalue weighted by Crippen LogP contribution is 2.37. The number of rotatable bonds is 4. The topological polar surface area (TPSA) is 48.4 Å². The molecule has 0 aromatic carbocycles. The Bertz CT molecular complexity index is 416. The van der Waals surface area contributed by atoms with Crippen molar-refractivity contribution >= 4 is 22.2 Å². The molecule has 5 heteroatoms. The van der Waals surface area contributed by atoms with Gasteiger partial charge >= 0.3 is 0 Å². The normalized spacial score (nSPS) is 23.6. The van der Waals surface area contributed by atoms with Crippen LogP contribution in [0.4, 0.5) is 0 Å². The van der Waals surface area contributed by atoms with Gasteiger partial charge in [0.15, 0.2) is 0 Å². The van der Waals surface area contributed by atoms with Crippen LogP contribution in [0, 0.1) is 0 Å². The maximum absolute atomic E-state index is 11.4. The fraction of sp³-hybridized carbons (Fsp3) is 0.500. The van der Waals surface area contributed by atoms with Gasteiger partial charge in [-0.1, -0.05) is 0 Å². The van der Waals surface area contributed by atoms with E-state index in [0.29, 0.717) is 32.1 Å². The third-order valence-electron chi connectivity index (χ3n) is 2.91. The Morgan fingerprint density at radius 1 is 1.71 bits per heavy atom. The number of aromatic nitrogens is 1. The van der Waals surface area contributed by atoms with E-state index in [2.05, 4.69) is 20.9 Å². The Kier molecular flexibility index (Phi) is 3.79. The van der Waals surface area contributed by atoms with E-state index in [-0.39, 0.29) is 0 Å². The van der Waals surface area contributed by atoms with Crippen molar-refractivity contribution in [1.82, 2.24) is 4.98 Å². The highest BCUT2D eigenvalue weighted by Gasteiger charge is 2.39. The molecule has 1 atom stereocenters. The molecule has 0 unspecified atom stereocenters. The van der Waals surface area contributed by atoms with Crippen molar-refractivity contribution in [1.29, 1.82) is 0 Å². The number of pyridine rings is 1. The largest absolute Gasteiger partial charge is 0.478 e. The lowest BCUT2D eigenvalue weighted by molar-refractivity contribution is -0.112. The number of hydrogen-bond acceptors (Lipinski definition) is 4. The Balaban J connectivity index is 2.47. The van der Waals surface area contributed by atoms with Gasteiger partial charge in [-0.25, -0.2) is 4.98 Å². The van der Waals surface area contributed by atoms with Gasteiger partial charge in [-0.15, -0.1) is 0 Å². The minimum Gasteiger partial charge on any atom is -0.478 e. The van der Waals surface area contributed by atoms with Crippen LogP contribution in [0.3, 0.4) is 0 Å². The SMILES string of the molecule is CCOc1ncc(Br)cc1[C@@]1(C=O)CCOC1. The smallest absolute Gasteiger partial charge is 0.217 e. The maximum atomic E-state index is 11.4. The molecular formula is C12H14BrNO3. The van der Waals surface area contributed by atoms with Crippen LogP contribution >= 0.6 is 15.9 Å². The van der Waals surface area contributed by atoms with E-state index in [4.69, 9.17) is 9.47 Å². The molecule has 1 aliphatic heterocycles. The molecule has 17 heavy (non-hydrogen) atoms. The van der Waals surface area contributed by atoms with Crippen LogP contribution in [0.1, 0.15) is 18.9 Å². The quantitative estimate of drug-likeness (QED) is 0.799. The van der Waals surface area contributed by atoms with Crippen molar-refractivity contribution in [2.75, 3.05) is 19.8 Å². The first-order chi connectivity index (χ1) is 8.22. The minimum atomic E-state index is -0.610. The van der Waals surface area contributed by atoms with Gasteiger partial charge in [0.1, 0.15) is 6.29 Å². The Hall–Kier alpha value is -0.940. The number of aldehydes is 1. The number of carbonyl (C=O) groups is 1. The molecule has 2 rings (SSSR count). The van der Waals surface area contributed by atoms with Gasteiger partial charge in [0, 0.05) is 22.8 Å². The molecule has 0 spiro atoms. The van der Waals surface area contributed by atoms with Crippen molar-refractivity contribution in [3.8, 4) is 5.88 Å². The number of hydrogen-bond donors (Lipinski definition) is 0. The fourth-order valence-electron chi connectivity index (χ4n) is 1.98. The lowest BCUT2D eigenvalue weighted by atomic mass is 9.82. The minimum absolute atomic E-state index is 0.398. The fourth-order valence-corrected chi connectivity index (χ4v) is 2.32. The van der Waals surface area contributed by atoms with E-state index in [1.165, 1.54) is 0 Å². The predicted molar refractivity (Wildman–Crippen MR) is 66.3 cm³/mol. The zero-order chi connectivity index (χ0) is 12.3. The molecule has 2 heterocycles. The summed E-state index contributed by atoms with van der Waals surface area (Å²) in [5.41, 5.74) is 0.197. The van der Waals surface area contributed by atoms with Gasteiger partial charge in [-0.05, 0) is 35.3 Å². The zero-order valence-corrected chi connectivity index (χ0v) is 11.2. The van der Waals surface area contributed by atoms with Crippen molar-refractivity contribution in [3.05, 3.63) is 22.3 Å². The van der Waals surface area contributed by atoms with E-state index in [1.807, 2.05) is 13.0 Å². The third kappa shape index (κ3) is 2.35. The van der Waals surface area contributed by atoms with E-state index >= 15 is 0 Å². The maximum Gasteiger partial charge on any atom is 0.217 e. The first-order valence-corrected chi connectivity index (χ1v) is 6.34. The molecular weight excluding hydrogens is 286 g/mol. The average Bonchev–Trinajstić information content (AvgIpc) is 2.81. The second-order valence-electron chi connectivity index (χ2n) is 4.02. The molecule has 1 aliphatic rings. The summed E-state index contributed by atoms with van der Waals surface area (Å²) in [6, 6.07) is 1.89. The first kappa shape index (κ1) is 12.5. The highest BCUT2D eigenvalue weighted by atomic mass is 79.9. The molecule has 4 nitrogen and oxygen atoms in total. The highest BCUT2D eigenvalue weighted by molar-refractivity contribution is 9.10. The van der Waals surface area contributed by atoms with Crippen LogP contribution in [0.15, 0.2) is 16.7 Å². The van der Waals surface area contributed by atoms with E-state index < -0.39 is 5.41 Å². The van der Waals surface area contributed by atoms with Gasteiger partial charge < -0.3 is 14.3 Å². The first-order valence-electron chi connectivity index (χ1n) is 5.55. The zero-order valence-electron chi connectivity index (χ0n) is 9.61. The molecule has 1 aromatic rings. The molecule has 92 valence electrons. The number of halogens is 1. The summed E-state index contributed by atoms with van der Waals surface area (Å²) >= 11 is 3.37. The molecule has 0 N–H and O–H groups in total. The summed E-state index contributed by atoms with van der Waals surface area (Å²) in [4.78, 5) is 15.6. The lowest BCUT2D eigenvalue weighted by Gasteiger charge is -2.22. The van der Waals surface area contributed by atoms with Gasteiger partial charge in [-0.2, -0.15) is 0 Å².